The Labute approximate surface area is 93.8 Å². The van der Waals surface area contributed by atoms with E-state index in [9.17, 15) is 0 Å². The lowest BCUT2D eigenvalue weighted by atomic mass is 10.2. The van der Waals surface area contributed by atoms with Gasteiger partial charge in [-0.25, -0.2) is 4.68 Å². The molecule has 4 nitrogen and oxygen atoms in total. The van der Waals surface area contributed by atoms with E-state index < -0.39 is 0 Å². The van der Waals surface area contributed by atoms with Gasteiger partial charge >= 0.3 is 0 Å². The highest BCUT2D eigenvalue weighted by Crippen LogP contribution is 2.25. The van der Waals surface area contributed by atoms with Gasteiger partial charge in [-0.3, -0.25) is 0 Å². The second-order valence-corrected chi connectivity index (χ2v) is 3.37. The molecule has 0 amide bonds. The molecule has 84 valence electrons. The standard InChI is InChI=1S/C12H14N2O2/c1-2-7-14-12(16-9-8-15)10-5-3-4-6-11(10)13-14/h2-6,15H,1,7-9H2. The highest BCUT2D eigenvalue weighted by atomic mass is 16.5. The molecule has 0 unspecified atom stereocenters. The summed E-state index contributed by atoms with van der Waals surface area (Å²) in [6.45, 7) is 4.54. The fourth-order valence-electron chi connectivity index (χ4n) is 1.60. The molecule has 0 saturated carbocycles. The predicted octanol–water partition coefficient (Wildman–Crippen LogP) is 1.59. The maximum atomic E-state index is 8.78. The molecule has 4 heteroatoms. The number of rotatable bonds is 5. The van der Waals surface area contributed by atoms with Crippen LogP contribution in [0, 0.1) is 0 Å². The van der Waals surface area contributed by atoms with E-state index in [1.807, 2.05) is 24.3 Å². The van der Waals surface area contributed by atoms with E-state index in [-0.39, 0.29) is 13.2 Å². The minimum atomic E-state index is -0.00635. The molecule has 1 aromatic heterocycles. The molecule has 16 heavy (non-hydrogen) atoms. The quantitative estimate of drug-likeness (QED) is 0.775. The van der Waals surface area contributed by atoms with Crippen LogP contribution >= 0.6 is 0 Å². The number of benzene rings is 1. The Morgan fingerprint density at radius 1 is 1.44 bits per heavy atom. The van der Waals surface area contributed by atoms with Gasteiger partial charge in [-0.2, -0.15) is 5.10 Å². The molecule has 0 aliphatic rings. The summed E-state index contributed by atoms with van der Waals surface area (Å²) < 4.78 is 7.24. The minimum Gasteiger partial charge on any atom is -0.475 e. The zero-order valence-corrected chi connectivity index (χ0v) is 8.97. The van der Waals surface area contributed by atoms with E-state index in [1.54, 1.807) is 10.8 Å². The first-order valence-corrected chi connectivity index (χ1v) is 5.17. The number of hydrogen-bond donors (Lipinski definition) is 1. The molecule has 0 fully saturated rings. The molecule has 0 saturated heterocycles. The zero-order valence-electron chi connectivity index (χ0n) is 8.97. The monoisotopic (exact) mass is 218 g/mol. The maximum Gasteiger partial charge on any atom is 0.220 e. The van der Waals surface area contributed by atoms with Crippen molar-refractivity contribution >= 4 is 10.9 Å². The normalized spacial score (nSPS) is 10.6. The number of fused-ring (bicyclic) bond motifs is 1. The van der Waals surface area contributed by atoms with Crippen LogP contribution in [0.3, 0.4) is 0 Å². The number of aromatic nitrogens is 2. The molecule has 0 spiro atoms. The van der Waals surface area contributed by atoms with Crippen molar-refractivity contribution in [1.82, 2.24) is 9.78 Å². The van der Waals surface area contributed by atoms with Gasteiger partial charge < -0.3 is 9.84 Å². The van der Waals surface area contributed by atoms with Gasteiger partial charge in [0.1, 0.15) is 6.61 Å². The topological polar surface area (TPSA) is 47.3 Å². The fraction of sp³-hybridized carbons (Fsp3) is 0.250. The van der Waals surface area contributed by atoms with Crippen molar-refractivity contribution in [1.29, 1.82) is 0 Å². The molecule has 0 atom stereocenters. The Kier molecular flexibility index (Phi) is 3.22. The predicted molar refractivity (Wildman–Crippen MR) is 62.5 cm³/mol. The Morgan fingerprint density at radius 2 is 2.25 bits per heavy atom. The van der Waals surface area contributed by atoms with Gasteiger partial charge in [-0.05, 0) is 12.1 Å². The molecule has 1 N–H and O–H groups in total. The van der Waals surface area contributed by atoms with Crippen LogP contribution < -0.4 is 4.74 Å². The van der Waals surface area contributed by atoms with Gasteiger partial charge in [0.15, 0.2) is 0 Å². The average Bonchev–Trinajstić information content (AvgIpc) is 2.65. The number of aliphatic hydroxyl groups is 1. The van der Waals surface area contributed by atoms with Gasteiger partial charge in [0.05, 0.1) is 24.1 Å². The number of ether oxygens (including phenoxy) is 1. The van der Waals surface area contributed by atoms with Crippen LogP contribution in [0.1, 0.15) is 0 Å². The SMILES string of the molecule is C=CCn1nc2ccccc2c1OCCO. The number of nitrogens with zero attached hydrogens (tertiary/aromatic N) is 2. The van der Waals surface area contributed by atoms with Crippen molar-refractivity contribution in [3.63, 3.8) is 0 Å². The fourth-order valence-corrected chi connectivity index (χ4v) is 1.60. The van der Waals surface area contributed by atoms with E-state index in [1.165, 1.54) is 0 Å². The van der Waals surface area contributed by atoms with E-state index in [4.69, 9.17) is 9.84 Å². The molecule has 0 aliphatic carbocycles. The van der Waals surface area contributed by atoms with Crippen LogP contribution in [-0.4, -0.2) is 28.1 Å². The van der Waals surface area contributed by atoms with Crippen LogP contribution in [0.25, 0.3) is 10.9 Å². The third-order valence-electron chi connectivity index (χ3n) is 2.23. The third-order valence-corrected chi connectivity index (χ3v) is 2.23. The first kappa shape index (κ1) is 10.7. The summed E-state index contributed by atoms with van der Waals surface area (Å²) in [6.07, 6.45) is 1.76. The number of aliphatic hydroxyl groups excluding tert-OH is 1. The number of hydrogen-bond acceptors (Lipinski definition) is 3. The largest absolute Gasteiger partial charge is 0.475 e. The van der Waals surface area contributed by atoms with Crippen LogP contribution in [-0.2, 0) is 6.54 Å². The van der Waals surface area contributed by atoms with Gasteiger partial charge in [-0.1, -0.05) is 18.2 Å². The summed E-state index contributed by atoms with van der Waals surface area (Å²) in [6, 6.07) is 7.76. The molecule has 0 bridgehead atoms. The summed E-state index contributed by atoms with van der Waals surface area (Å²) in [5, 5.41) is 14.1. The first-order valence-electron chi connectivity index (χ1n) is 5.17. The molecule has 1 aromatic carbocycles. The highest BCUT2D eigenvalue weighted by Gasteiger charge is 2.10. The van der Waals surface area contributed by atoms with Crippen LogP contribution in [0.15, 0.2) is 36.9 Å². The lowest BCUT2D eigenvalue weighted by molar-refractivity contribution is 0.192. The summed E-state index contributed by atoms with van der Waals surface area (Å²) in [7, 11) is 0. The highest BCUT2D eigenvalue weighted by molar-refractivity contribution is 5.84. The Bertz CT molecular complexity index is 491. The van der Waals surface area contributed by atoms with Crippen molar-refractivity contribution in [2.75, 3.05) is 13.2 Å². The van der Waals surface area contributed by atoms with Crippen molar-refractivity contribution in [2.45, 2.75) is 6.54 Å². The molecular weight excluding hydrogens is 204 g/mol. The summed E-state index contributed by atoms with van der Waals surface area (Å²) in [4.78, 5) is 0. The van der Waals surface area contributed by atoms with Gasteiger partial charge in [0.25, 0.3) is 0 Å². The van der Waals surface area contributed by atoms with Gasteiger partial charge in [-0.15, -0.1) is 6.58 Å². The molecule has 1 heterocycles. The number of allylic oxidation sites excluding steroid dienone is 1. The molecule has 2 aromatic rings. The minimum absolute atomic E-state index is 0.00635. The van der Waals surface area contributed by atoms with E-state index >= 15 is 0 Å². The van der Waals surface area contributed by atoms with Crippen molar-refractivity contribution in [2.24, 2.45) is 0 Å². The van der Waals surface area contributed by atoms with Crippen LogP contribution in [0.2, 0.25) is 0 Å². The van der Waals surface area contributed by atoms with E-state index in [2.05, 4.69) is 11.7 Å². The first-order chi connectivity index (χ1) is 7.86. The maximum absolute atomic E-state index is 8.78. The molecule has 0 aliphatic heterocycles. The lowest BCUT2D eigenvalue weighted by Crippen LogP contribution is -2.07. The molecule has 2 rings (SSSR count). The van der Waals surface area contributed by atoms with Crippen molar-refractivity contribution < 1.29 is 9.84 Å². The van der Waals surface area contributed by atoms with Crippen LogP contribution in [0.5, 0.6) is 5.88 Å². The van der Waals surface area contributed by atoms with Crippen molar-refractivity contribution in [3.05, 3.63) is 36.9 Å². The van der Waals surface area contributed by atoms with Gasteiger partial charge in [0, 0.05) is 0 Å². The second-order valence-electron chi connectivity index (χ2n) is 3.37. The summed E-state index contributed by atoms with van der Waals surface area (Å²) in [5.41, 5.74) is 0.886. The van der Waals surface area contributed by atoms with Gasteiger partial charge in [0.2, 0.25) is 5.88 Å². The van der Waals surface area contributed by atoms with Crippen molar-refractivity contribution in [3.8, 4) is 5.88 Å². The van der Waals surface area contributed by atoms with E-state index in [0.29, 0.717) is 12.4 Å². The second kappa shape index (κ2) is 4.81. The smallest absolute Gasteiger partial charge is 0.220 e. The molecule has 0 radical (unpaired) electrons. The Balaban J connectivity index is 2.46. The summed E-state index contributed by atoms with van der Waals surface area (Å²) in [5.74, 6) is 0.685. The third kappa shape index (κ3) is 1.92. The van der Waals surface area contributed by atoms with E-state index in [0.717, 1.165) is 10.9 Å². The average molecular weight is 218 g/mol. The summed E-state index contributed by atoms with van der Waals surface area (Å²) >= 11 is 0. The Hall–Kier alpha value is -1.81. The zero-order chi connectivity index (χ0) is 11.4. The lowest BCUT2D eigenvalue weighted by Gasteiger charge is -2.06. The Morgan fingerprint density at radius 3 is 3.00 bits per heavy atom. The van der Waals surface area contributed by atoms with Crippen LogP contribution in [0.4, 0.5) is 0 Å². The molecular formula is C12H14N2O2.